The summed E-state index contributed by atoms with van der Waals surface area (Å²) in [5.41, 5.74) is 7.47. The average molecular weight is 400 g/mol. The number of hydrogen-bond acceptors (Lipinski definition) is 6. The number of ether oxygens (including phenoxy) is 2. The Morgan fingerprint density at radius 1 is 1.14 bits per heavy atom. The minimum atomic E-state index is 0.150. The Kier molecular flexibility index (Phi) is 5.29. The zero-order valence-electron chi connectivity index (χ0n) is 14.9. The van der Waals surface area contributed by atoms with Crippen molar-refractivity contribution in [3.05, 3.63) is 53.4 Å². The molecule has 9 heteroatoms. The van der Waals surface area contributed by atoms with E-state index in [0.717, 1.165) is 23.4 Å². The number of nitrogens with one attached hydrogen (secondary N) is 1. The van der Waals surface area contributed by atoms with Crippen molar-refractivity contribution >= 4 is 23.2 Å². The van der Waals surface area contributed by atoms with E-state index in [0.29, 0.717) is 35.7 Å². The molecule has 0 radical (unpaired) electrons. The Hall–Kier alpha value is -3.26. The van der Waals surface area contributed by atoms with Gasteiger partial charge in [0.2, 0.25) is 11.7 Å². The number of anilines is 1. The highest BCUT2D eigenvalue weighted by Crippen LogP contribution is 2.32. The maximum Gasteiger partial charge on any atom is 0.248 e. The number of halogens is 1. The van der Waals surface area contributed by atoms with Crippen LogP contribution in [0.4, 0.5) is 5.69 Å². The largest absolute Gasteiger partial charge is 0.490 e. The molecule has 0 amide bonds. The highest BCUT2D eigenvalue weighted by atomic mass is 35.5. The molecular weight excluding hydrogens is 382 g/mol. The number of hydrogen-bond donors (Lipinski definition) is 2. The Labute approximate surface area is 166 Å². The summed E-state index contributed by atoms with van der Waals surface area (Å²) < 4.78 is 16.5. The predicted molar refractivity (Wildman–Crippen MR) is 106 cm³/mol. The van der Waals surface area contributed by atoms with Crippen molar-refractivity contribution in [2.24, 2.45) is 10.7 Å². The molecule has 0 bridgehead atoms. The number of nitrogens with zero attached hydrogens (tertiary/aromatic N) is 3. The molecule has 0 aliphatic carbocycles. The van der Waals surface area contributed by atoms with Gasteiger partial charge in [-0.3, -0.25) is 0 Å². The van der Waals surface area contributed by atoms with Crippen LogP contribution in [0.5, 0.6) is 11.5 Å². The SMILES string of the molecule is NC(=NCc1nc(-c2cccc(Cl)c2)no1)Nc1ccc2c(c1)OCCCO2. The van der Waals surface area contributed by atoms with Gasteiger partial charge < -0.3 is 25.0 Å². The van der Waals surface area contributed by atoms with E-state index >= 15 is 0 Å². The lowest BCUT2D eigenvalue weighted by Gasteiger charge is -2.10. The van der Waals surface area contributed by atoms with Crippen LogP contribution in [0.3, 0.4) is 0 Å². The summed E-state index contributed by atoms with van der Waals surface area (Å²) in [7, 11) is 0. The van der Waals surface area contributed by atoms with Crippen molar-refractivity contribution in [3.8, 4) is 22.9 Å². The average Bonchev–Trinajstić information content (AvgIpc) is 3.05. The lowest BCUT2D eigenvalue weighted by molar-refractivity contribution is 0.297. The lowest BCUT2D eigenvalue weighted by Crippen LogP contribution is -2.22. The molecule has 144 valence electrons. The quantitative estimate of drug-likeness (QED) is 0.510. The fourth-order valence-corrected chi connectivity index (χ4v) is 2.84. The van der Waals surface area contributed by atoms with E-state index in [9.17, 15) is 0 Å². The zero-order chi connectivity index (χ0) is 19.3. The minimum Gasteiger partial charge on any atom is -0.490 e. The maximum absolute atomic E-state index is 5.99. The Morgan fingerprint density at radius 2 is 2.00 bits per heavy atom. The van der Waals surface area contributed by atoms with Crippen molar-refractivity contribution in [2.75, 3.05) is 18.5 Å². The molecule has 2 heterocycles. The first-order chi connectivity index (χ1) is 13.7. The number of benzene rings is 2. The lowest BCUT2D eigenvalue weighted by atomic mass is 10.2. The van der Waals surface area contributed by atoms with E-state index in [1.807, 2.05) is 30.3 Å². The van der Waals surface area contributed by atoms with Gasteiger partial charge in [0.25, 0.3) is 0 Å². The number of rotatable bonds is 4. The third kappa shape index (κ3) is 4.34. The topological polar surface area (TPSA) is 108 Å². The molecule has 0 fully saturated rings. The van der Waals surface area contributed by atoms with Crippen LogP contribution in [-0.2, 0) is 6.54 Å². The summed E-state index contributed by atoms with van der Waals surface area (Å²) in [5.74, 6) is 2.41. The molecule has 2 aromatic carbocycles. The van der Waals surface area contributed by atoms with Crippen molar-refractivity contribution in [1.82, 2.24) is 10.1 Å². The number of fused-ring (bicyclic) bond motifs is 1. The summed E-state index contributed by atoms with van der Waals surface area (Å²) in [6, 6.07) is 12.7. The van der Waals surface area contributed by atoms with Crippen LogP contribution in [0.15, 0.2) is 52.0 Å². The van der Waals surface area contributed by atoms with E-state index in [2.05, 4.69) is 20.4 Å². The second-order valence-electron chi connectivity index (χ2n) is 6.06. The van der Waals surface area contributed by atoms with Crippen molar-refractivity contribution in [2.45, 2.75) is 13.0 Å². The summed E-state index contributed by atoms with van der Waals surface area (Å²) in [5, 5.41) is 7.56. The highest BCUT2D eigenvalue weighted by molar-refractivity contribution is 6.30. The van der Waals surface area contributed by atoms with Crippen LogP contribution in [0, 0.1) is 0 Å². The van der Waals surface area contributed by atoms with Gasteiger partial charge in [0, 0.05) is 28.8 Å². The number of guanidine groups is 1. The fourth-order valence-electron chi connectivity index (χ4n) is 2.65. The van der Waals surface area contributed by atoms with Crippen molar-refractivity contribution in [1.29, 1.82) is 0 Å². The Balaban J connectivity index is 1.41. The van der Waals surface area contributed by atoms with Crippen molar-refractivity contribution in [3.63, 3.8) is 0 Å². The molecule has 28 heavy (non-hydrogen) atoms. The van der Waals surface area contributed by atoms with E-state index in [1.54, 1.807) is 12.1 Å². The van der Waals surface area contributed by atoms with Gasteiger partial charge in [-0.2, -0.15) is 4.98 Å². The molecule has 1 aromatic heterocycles. The van der Waals surface area contributed by atoms with Gasteiger partial charge in [-0.1, -0.05) is 28.9 Å². The first-order valence-corrected chi connectivity index (χ1v) is 9.10. The molecule has 3 N–H and O–H groups in total. The molecule has 4 rings (SSSR count). The smallest absolute Gasteiger partial charge is 0.248 e. The van der Waals surface area contributed by atoms with E-state index in [-0.39, 0.29) is 12.5 Å². The number of aliphatic imine (C=N–C) groups is 1. The van der Waals surface area contributed by atoms with E-state index in [4.69, 9.17) is 31.3 Å². The monoisotopic (exact) mass is 399 g/mol. The molecule has 0 unspecified atom stereocenters. The molecule has 0 atom stereocenters. The minimum absolute atomic E-state index is 0.150. The number of nitrogens with two attached hydrogens (primary N) is 1. The van der Waals surface area contributed by atoms with Crippen LogP contribution in [-0.4, -0.2) is 29.3 Å². The van der Waals surface area contributed by atoms with Crippen molar-refractivity contribution < 1.29 is 14.0 Å². The Bertz CT molecular complexity index is 1000. The van der Waals surface area contributed by atoms with Gasteiger partial charge >= 0.3 is 0 Å². The summed E-state index contributed by atoms with van der Waals surface area (Å²) >= 11 is 5.99. The third-order valence-corrected chi connectivity index (χ3v) is 4.19. The first-order valence-electron chi connectivity index (χ1n) is 8.72. The predicted octanol–water partition coefficient (Wildman–Crippen LogP) is 3.48. The second kappa shape index (κ2) is 8.18. The molecule has 8 nitrogen and oxygen atoms in total. The second-order valence-corrected chi connectivity index (χ2v) is 6.50. The molecular formula is C19H18ClN5O3. The number of aromatic nitrogens is 2. The van der Waals surface area contributed by atoms with Gasteiger partial charge in [-0.05, 0) is 24.3 Å². The van der Waals surface area contributed by atoms with Gasteiger partial charge in [0.05, 0.1) is 13.2 Å². The summed E-state index contributed by atoms with van der Waals surface area (Å²) in [6.45, 7) is 1.41. The Morgan fingerprint density at radius 3 is 2.86 bits per heavy atom. The standard InChI is InChI=1S/C19H18ClN5O3/c20-13-4-1-3-12(9-13)18-24-17(28-25-18)11-22-19(21)23-14-5-6-15-16(10-14)27-8-2-7-26-15/h1,3-6,9-10H,2,7-8,11H2,(H3,21,22,23). The van der Waals surface area contributed by atoms with E-state index < -0.39 is 0 Å². The normalized spacial score (nSPS) is 13.8. The third-order valence-electron chi connectivity index (χ3n) is 3.96. The first kappa shape index (κ1) is 18.1. The van der Waals surface area contributed by atoms with Crippen LogP contribution in [0.1, 0.15) is 12.3 Å². The summed E-state index contributed by atoms with van der Waals surface area (Å²) in [6.07, 6.45) is 0.850. The van der Waals surface area contributed by atoms with Gasteiger partial charge in [-0.25, -0.2) is 4.99 Å². The molecule has 3 aromatic rings. The summed E-state index contributed by atoms with van der Waals surface area (Å²) in [4.78, 5) is 8.54. The van der Waals surface area contributed by atoms with Crippen LogP contribution < -0.4 is 20.5 Å². The molecule has 0 saturated heterocycles. The van der Waals surface area contributed by atoms with Crippen LogP contribution in [0.2, 0.25) is 5.02 Å². The maximum atomic E-state index is 5.99. The van der Waals surface area contributed by atoms with E-state index in [1.165, 1.54) is 0 Å². The van der Waals surface area contributed by atoms with Gasteiger partial charge in [0.15, 0.2) is 17.5 Å². The van der Waals surface area contributed by atoms with Gasteiger partial charge in [0.1, 0.15) is 6.54 Å². The van der Waals surface area contributed by atoms with Gasteiger partial charge in [-0.15, -0.1) is 0 Å². The molecule has 0 spiro atoms. The highest BCUT2D eigenvalue weighted by Gasteiger charge is 2.11. The molecule has 1 aliphatic rings. The van der Waals surface area contributed by atoms with Crippen LogP contribution >= 0.6 is 11.6 Å². The van der Waals surface area contributed by atoms with Crippen LogP contribution in [0.25, 0.3) is 11.4 Å². The molecule has 1 aliphatic heterocycles. The fraction of sp³-hybridized carbons (Fsp3) is 0.211. The zero-order valence-corrected chi connectivity index (χ0v) is 15.6. The molecule has 0 saturated carbocycles.